The van der Waals surface area contributed by atoms with Gasteiger partial charge in [-0.25, -0.2) is 4.98 Å². The lowest BCUT2D eigenvalue weighted by atomic mass is 10.3. The summed E-state index contributed by atoms with van der Waals surface area (Å²) < 4.78 is 39.8. The molecule has 0 aliphatic heterocycles. The number of rotatable bonds is 5. The van der Waals surface area contributed by atoms with Crippen molar-refractivity contribution in [2.45, 2.75) is 32.0 Å². The van der Waals surface area contributed by atoms with E-state index in [1.165, 1.54) is 0 Å². The van der Waals surface area contributed by atoms with Crippen molar-refractivity contribution in [3.63, 3.8) is 0 Å². The number of aliphatic hydroxyl groups excluding tert-OH is 1. The molecule has 0 fully saturated rings. The first-order chi connectivity index (χ1) is 7.43. The lowest BCUT2D eigenvalue weighted by molar-refractivity contribution is -0.198. The number of hydrogen-bond acceptors (Lipinski definition) is 5. The van der Waals surface area contributed by atoms with Gasteiger partial charge in [0.1, 0.15) is 5.82 Å². The van der Waals surface area contributed by atoms with Gasteiger partial charge in [-0.3, -0.25) is 0 Å². The lowest BCUT2D eigenvalue weighted by Crippen LogP contribution is -2.34. The highest BCUT2D eigenvalue weighted by atomic mass is 32.1. The third-order valence-corrected chi connectivity index (χ3v) is 2.48. The lowest BCUT2D eigenvalue weighted by Gasteiger charge is -2.13. The molecule has 92 valence electrons. The number of hydrogen-bond donors (Lipinski definition) is 2. The molecule has 0 saturated heterocycles. The minimum atomic E-state index is -4.61. The van der Waals surface area contributed by atoms with Crippen LogP contribution in [0.25, 0.3) is 0 Å². The molecule has 8 heteroatoms. The molecule has 1 rings (SSSR count). The fraction of sp³-hybridized carbons (Fsp3) is 0.750. The van der Waals surface area contributed by atoms with Crippen molar-refractivity contribution < 1.29 is 18.3 Å². The van der Waals surface area contributed by atoms with E-state index in [1.807, 2.05) is 6.92 Å². The maximum atomic E-state index is 12.0. The summed E-state index contributed by atoms with van der Waals surface area (Å²) in [4.78, 5) is 3.97. The summed E-state index contributed by atoms with van der Waals surface area (Å²) in [6, 6.07) is 0. The Hall–Kier alpha value is -0.890. The molecule has 0 amide bonds. The zero-order valence-electron chi connectivity index (χ0n) is 8.58. The van der Waals surface area contributed by atoms with E-state index in [9.17, 15) is 13.2 Å². The van der Waals surface area contributed by atoms with Crippen molar-refractivity contribution in [2.24, 2.45) is 0 Å². The van der Waals surface area contributed by atoms with E-state index in [0.717, 1.165) is 18.0 Å². The predicted molar refractivity (Wildman–Crippen MR) is 54.5 cm³/mol. The van der Waals surface area contributed by atoms with Crippen LogP contribution >= 0.6 is 11.5 Å². The van der Waals surface area contributed by atoms with Gasteiger partial charge >= 0.3 is 6.18 Å². The Morgan fingerprint density at radius 2 is 2.19 bits per heavy atom. The van der Waals surface area contributed by atoms with E-state index >= 15 is 0 Å². The standard InChI is InChI=1S/C8H12F3N3OS/c1-2-3-6-13-7(16-14-6)12-4-5(15)8(9,10)11/h5,15H,2-4H2,1H3,(H,12,13,14). The number of aryl methyl sites for hydroxylation is 1. The van der Waals surface area contributed by atoms with Crippen LogP contribution < -0.4 is 5.32 Å². The monoisotopic (exact) mass is 255 g/mol. The Bertz CT molecular complexity index is 329. The highest BCUT2D eigenvalue weighted by Gasteiger charge is 2.37. The largest absolute Gasteiger partial charge is 0.416 e. The van der Waals surface area contributed by atoms with Crippen molar-refractivity contribution in [2.75, 3.05) is 11.9 Å². The summed E-state index contributed by atoms with van der Waals surface area (Å²) in [5.41, 5.74) is 0. The van der Waals surface area contributed by atoms with Gasteiger partial charge in [-0.15, -0.1) is 0 Å². The molecule has 1 aromatic rings. The molecule has 0 saturated carbocycles. The molecule has 0 spiro atoms. The molecule has 1 atom stereocenters. The molecular weight excluding hydrogens is 243 g/mol. The summed E-state index contributed by atoms with van der Waals surface area (Å²) in [5, 5.41) is 11.4. The van der Waals surface area contributed by atoms with Crippen molar-refractivity contribution in [1.29, 1.82) is 0 Å². The smallest absolute Gasteiger partial charge is 0.382 e. The minimum absolute atomic E-state index is 0.298. The molecule has 0 radical (unpaired) electrons. The Balaban J connectivity index is 2.42. The summed E-state index contributed by atoms with van der Waals surface area (Å²) in [6.45, 7) is 1.35. The van der Waals surface area contributed by atoms with Crippen LogP contribution in [0.5, 0.6) is 0 Å². The number of halogens is 3. The Kier molecular flexibility index (Phi) is 4.48. The molecule has 0 bridgehead atoms. The van der Waals surface area contributed by atoms with Crippen molar-refractivity contribution in [1.82, 2.24) is 9.36 Å². The third-order valence-electron chi connectivity index (χ3n) is 1.77. The number of nitrogens with zero attached hydrogens (tertiary/aromatic N) is 2. The molecule has 4 nitrogen and oxygen atoms in total. The van der Waals surface area contributed by atoms with Gasteiger partial charge in [0.25, 0.3) is 0 Å². The fourth-order valence-corrected chi connectivity index (χ4v) is 1.57. The Labute approximate surface area is 94.7 Å². The van der Waals surface area contributed by atoms with E-state index in [-0.39, 0.29) is 0 Å². The first-order valence-electron chi connectivity index (χ1n) is 4.74. The minimum Gasteiger partial charge on any atom is -0.382 e. The maximum Gasteiger partial charge on any atom is 0.416 e. The third kappa shape index (κ3) is 3.93. The van der Waals surface area contributed by atoms with Crippen LogP contribution in [0.1, 0.15) is 19.2 Å². The second kappa shape index (κ2) is 5.44. The number of aromatic nitrogens is 2. The number of anilines is 1. The normalized spacial score (nSPS) is 13.8. The van der Waals surface area contributed by atoms with E-state index in [0.29, 0.717) is 17.4 Å². The van der Waals surface area contributed by atoms with Gasteiger partial charge in [0.15, 0.2) is 6.10 Å². The average Bonchev–Trinajstić information content (AvgIpc) is 2.61. The molecule has 16 heavy (non-hydrogen) atoms. The predicted octanol–water partition coefficient (Wildman–Crippen LogP) is 1.83. The van der Waals surface area contributed by atoms with Gasteiger partial charge in [-0.2, -0.15) is 17.5 Å². The molecule has 1 unspecified atom stereocenters. The van der Waals surface area contributed by atoms with E-state index in [1.54, 1.807) is 0 Å². The van der Waals surface area contributed by atoms with Gasteiger partial charge in [-0.1, -0.05) is 6.92 Å². The van der Waals surface area contributed by atoms with Crippen LogP contribution in [0.15, 0.2) is 0 Å². The molecule has 1 aromatic heterocycles. The maximum absolute atomic E-state index is 12.0. The zero-order valence-corrected chi connectivity index (χ0v) is 9.40. The van der Waals surface area contributed by atoms with E-state index in [4.69, 9.17) is 5.11 Å². The summed E-state index contributed by atoms with van der Waals surface area (Å²) in [5.74, 6) is 0.608. The summed E-state index contributed by atoms with van der Waals surface area (Å²) >= 11 is 0.991. The quantitative estimate of drug-likeness (QED) is 0.842. The summed E-state index contributed by atoms with van der Waals surface area (Å²) in [6.07, 6.45) is -5.42. The fourth-order valence-electron chi connectivity index (χ4n) is 0.951. The van der Waals surface area contributed by atoms with Crippen molar-refractivity contribution >= 4 is 16.7 Å². The summed E-state index contributed by atoms with van der Waals surface area (Å²) in [7, 11) is 0. The van der Waals surface area contributed by atoms with Gasteiger partial charge < -0.3 is 10.4 Å². The van der Waals surface area contributed by atoms with Gasteiger partial charge in [0.05, 0.1) is 6.54 Å². The van der Waals surface area contributed by atoms with Crippen molar-refractivity contribution in [3.8, 4) is 0 Å². The van der Waals surface area contributed by atoms with Gasteiger partial charge in [0, 0.05) is 18.0 Å². The highest BCUT2D eigenvalue weighted by molar-refractivity contribution is 7.09. The second-order valence-corrected chi connectivity index (χ2v) is 3.96. The highest BCUT2D eigenvalue weighted by Crippen LogP contribution is 2.20. The van der Waals surface area contributed by atoms with Crippen LogP contribution in [-0.4, -0.2) is 33.3 Å². The molecule has 2 N–H and O–H groups in total. The zero-order chi connectivity index (χ0) is 12.2. The van der Waals surface area contributed by atoms with E-state index < -0.39 is 18.8 Å². The van der Waals surface area contributed by atoms with Crippen LogP contribution in [0, 0.1) is 0 Å². The van der Waals surface area contributed by atoms with Gasteiger partial charge in [-0.05, 0) is 6.42 Å². The van der Waals surface area contributed by atoms with Crippen LogP contribution in [0.4, 0.5) is 18.3 Å². The Morgan fingerprint density at radius 1 is 1.50 bits per heavy atom. The van der Waals surface area contributed by atoms with Crippen LogP contribution in [-0.2, 0) is 6.42 Å². The number of nitrogens with one attached hydrogen (secondary N) is 1. The number of aliphatic hydroxyl groups is 1. The Morgan fingerprint density at radius 3 is 2.75 bits per heavy atom. The molecule has 0 aromatic carbocycles. The van der Waals surface area contributed by atoms with Gasteiger partial charge in [0.2, 0.25) is 5.13 Å². The van der Waals surface area contributed by atoms with Crippen LogP contribution in [0.2, 0.25) is 0 Å². The second-order valence-electron chi connectivity index (χ2n) is 3.20. The number of alkyl halides is 3. The SMILES string of the molecule is CCCc1nsc(NCC(O)C(F)(F)F)n1. The molecular formula is C8H12F3N3OS. The molecule has 1 heterocycles. The average molecular weight is 255 g/mol. The first-order valence-corrected chi connectivity index (χ1v) is 5.52. The molecule has 0 aliphatic rings. The topological polar surface area (TPSA) is 58.0 Å². The van der Waals surface area contributed by atoms with Crippen LogP contribution in [0.3, 0.4) is 0 Å². The van der Waals surface area contributed by atoms with Crippen molar-refractivity contribution in [3.05, 3.63) is 5.82 Å². The van der Waals surface area contributed by atoms with E-state index in [2.05, 4.69) is 14.7 Å². The first kappa shape index (κ1) is 13.2. The molecule has 0 aliphatic carbocycles.